The summed E-state index contributed by atoms with van der Waals surface area (Å²) in [6.07, 6.45) is -0.205. The van der Waals surface area contributed by atoms with Gasteiger partial charge in [-0.3, -0.25) is 4.79 Å². The molecular weight excluding hydrogens is 371 g/mol. The van der Waals surface area contributed by atoms with E-state index in [1.807, 2.05) is 13.8 Å². The molecule has 1 unspecified atom stereocenters. The molecule has 1 fully saturated rings. The number of pyridine rings is 1. The van der Waals surface area contributed by atoms with E-state index in [0.717, 1.165) is 38.2 Å². The number of nitrogens with zero attached hydrogens (tertiary/aromatic N) is 3. The fraction of sp³-hybridized carbons (Fsp3) is 0.526. The lowest BCUT2D eigenvalue weighted by atomic mass is 10.0. The van der Waals surface area contributed by atoms with Gasteiger partial charge in [0.05, 0.1) is 23.0 Å². The molecule has 3 rings (SSSR count). The van der Waals surface area contributed by atoms with E-state index in [-0.39, 0.29) is 17.6 Å². The molecule has 152 valence electrons. The molecule has 0 bridgehead atoms. The minimum Gasteiger partial charge on any atom is -0.352 e. The van der Waals surface area contributed by atoms with Crippen LogP contribution in [0.3, 0.4) is 0 Å². The first-order valence-electron chi connectivity index (χ1n) is 9.38. The summed E-state index contributed by atoms with van der Waals surface area (Å²) in [5.74, 6) is 0.524. The molecule has 9 heteroatoms. The molecule has 0 spiro atoms. The third-order valence-electron chi connectivity index (χ3n) is 4.89. The molecule has 3 heterocycles. The molecule has 1 atom stereocenters. The molecule has 0 saturated carbocycles. The number of hydrogen-bond acceptors (Lipinski definition) is 4. The fourth-order valence-electron chi connectivity index (χ4n) is 3.40. The summed E-state index contributed by atoms with van der Waals surface area (Å²) in [4.78, 5) is 16.5. The van der Waals surface area contributed by atoms with Gasteiger partial charge in [-0.25, -0.2) is 9.67 Å². The number of rotatable bonds is 6. The van der Waals surface area contributed by atoms with Gasteiger partial charge >= 0.3 is 6.18 Å². The van der Waals surface area contributed by atoms with Crippen LogP contribution in [0.5, 0.6) is 0 Å². The average Bonchev–Trinajstić information content (AvgIpc) is 3.30. The Morgan fingerprint density at radius 2 is 2.14 bits per heavy atom. The molecule has 28 heavy (non-hydrogen) atoms. The quantitative estimate of drug-likeness (QED) is 0.788. The molecule has 1 saturated heterocycles. The van der Waals surface area contributed by atoms with Crippen LogP contribution in [0.4, 0.5) is 13.2 Å². The van der Waals surface area contributed by atoms with Gasteiger partial charge in [0, 0.05) is 12.7 Å². The average molecular weight is 395 g/mol. The minimum atomic E-state index is -4.45. The summed E-state index contributed by atoms with van der Waals surface area (Å²) in [7, 11) is 0. The standard InChI is InChI=1S/C19H24F3N5O/c1-12(2)17-15(18(28)24-8-6-13-5-7-23-9-13)11-26-27(17)16-4-3-14(10-25-16)19(20,21)22/h3-4,10-13,23H,5-9H2,1-2H3,(H,24,28). The number of carbonyl (C=O) groups is 1. The first-order chi connectivity index (χ1) is 13.3. The summed E-state index contributed by atoms with van der Waals surface area (Å²) < 4.78 is 39.7. The zero-order valence-corrected chi connectivity index (χ0v) is 15.9. The molecule has 1 aliphatic rings. The molecule has 2 aromatic heterocycles. The van der Waals surface area contributed by atoms with Crippen molar-refractivity contribution in [3.8, 4) is 5.82 Å². The fourth-order valence-corrected chi connectivity index (χ4v) is 3.40. The van der Waals surface area contributed by atoms with Crippen LogP contribution in [-0.2, 0) is 6.18 Å². The van der Waals surface area contributed by atoms with Gasteiger partial charge in [0.1, 0.15) is 0 Å². The molecule has 1 amide bonds. The lowest BCUT2D eigenvalue weighted by molar-refractivity contribution is -0.137. The van der Waals surface area contributed by atoms with E-state index in [2.05, 4.69) is 20.7 Å². The summed E-state index contributed by atoms with van der Waals surface area (Å²) in [5.41, 5.74) is 0.211. The van der Waals surface area contributed by atoms with Gasteiger partial charge in [-0.15, -0.1) is 0 Å². The van der Waals surface area contributed by atoms with Gasteiger partial charge in [0.15, 0.2) is 5.82 Å². The predicted octanol–water partition coefficient (Wildman–Crippen LogP) is 3.14. The summed E-state index contributed by atoms with van der Waals surface area (Å²) in [5, 5.41) is 10.4. The smallest absolute Gasteiger partial charge is 0.352 e. The Balaban J connectivity index is 1.76. The monoisotopic (exact) mass is 395 g/mol. The molecule has 1 aliphatic heterocycles. The van der Waals surface area contributed by atoms with Crippen molar-refractivity contribution in [3.05, 3.63) is 41.3 Å². The van der Waals surface area contributed by atoms with Crippen LogP contribution < -0.4 is 10.6 Å². The molecule has 2 aromatic rings. The van der Waals surface area contributed by atoms with E-state index < -0.39 is 11.7 Å². The van der Waals surface area contributed by atoms with Crippen molar-refractivity contribution in [2.24, 2.45) is 5.92 Å². The van der Waals surface area contributed by atoms with E-state index in [4.69, 9.17) is 0 Å². The highest BCUT2D eigenvalue weighted by molar-refractivity contribution is 5.95. The zero-order valence-electron chi connectivity index (χ0n) is 15.9. The maximum absolute atomic E-state index is 12.8. The van der Waals surface area contributed by atoms with Crippen LogP contribution in [0.1, 0.15) is 54.2 Å². The van der Waals surface area contributed by atoms with E-state index in [9.17, 15) is 18.0 Å². The minimum absolute atomic E-state index is 0.0635. The van der Waals surface area contributed by atoms with Gasteiger partial charge in [0.25, 0.3) is 5.91 Å². The first kappa shape index (κ1) is 20.3. The number of alkyl halides is 3. The lowest BCUT2D eigenvalue weighted by Gasteiger charge is -2.14. The van der Waals surface area contributed by atoms with Crippen molar-refractivity contribution in [3.63, 3.8) is 0 Å². The highest BCUT2D eigenvalue weighted by Gasteiger charge is 2.31. The number of nitrogens with one attached hydrogen (secondary N) is 2. The van der Waals surface area contributed by atoms with E-state index >= 15 is 0 Å². The van der Waals surface area contributed by atoms with Gasteiger partial charge in [-0.2, -0.15) is 18.3 Å². The van der Waals surface area contributed by atoms with Crippen LogP contribution in [-0.4, -0.2) is 40.3 Å². The van der Waals surface area contributed by atoms with Crippen molar-refractivity contribution < 1.29 is 18.0 Å². The van der Waals surface area contributed by atoms with Crippen LogP contribution in [0.2, 0.25) is 0 Å². The third kappa shape index (κ3) is 4.52. The molecule has 6 nitrogen and oxygen atoms in total. The molecule has 2 N–H and O–H groups in total. The second-order valence-corrected chi connectivity index (χ2v) is 7.32. The Labute approximate surface area is 161 Å². The van der Waals surface area contributed by atoms with Crippen molar-refractivity contribution in [2.75, 3.05) is 19.6 Å². The third-order valence-corrected chi connectivity index (χ3v) is 4.89. The van der Waals surface area contributed by atoms with Gasteiger partial charge in [-0.05, 0) is 49.9 Å². The van der Waals surface area contributed by atoms with E-state index in [0.29, 0.717) is 23.7 Å². The van der Waals surface area contributed by atoms with Crippen LogP contribution in [0.15, 0.2) is 24.5 Å². The van der Waals surface area contributed by atoms with Crippen molar-refractivity contribution in [2.45, 2.75) is 38.8 Å². The molecule has 0 radical (unpaired) electrons. The second kappa shape index (κ2) is 8.30. The highest BCUT2D eigenvalue weighted by Crippen LogP contribution is 2.29. The van der Waals surface area contributed by atoms with E-state index in [1.165, 1.54) is 16.9 Å². The highest BCUT2D eigenvalue weighted by atomic mass is 19.4. The number of halogens is 3. The topological polar surface area (TPSA) is 71.8 Å². The Morgan fingerprint density at radius 1 is 1.36 bits per heavy atom. The number of aromatic nitrogens is 3. The normalized spacial score (nSPS) is 17.3. The van der Waals surface area contributed by atoms with E-state index in [1.54, 1.807) is 0 Å². The summed E-state index contributed by atoms with van der Waals surface area (Å²) >= 11 is 0. The van der Waals surface area contributed by atoms with Crippen LogP contribution in [0, 0.1) is 5.92 Å². The Morgan fingerprint density at radius 3 is 2.71 bits per heavy atom. The number of hydrogen-bond donors (Lipinski definition) is 2. The van der Waals surface area contributed by atoms with Gasteiger partial charge < -0.3 is 10.6 Å². The Bertz CT molecular complexity index is 808. The molecule has 0 aromatic carbocycles. The second-order valence-electron chi connectivity index (χ2n) is 7.32. The maximum Gasteiger partial charge on any atom is 0.417 e. The first-order valence-corrected chi connectivity index (χ1v) is 9.38. The summed E-state index contributed by atoms with van der Waals surface area (Å²) in [6.45, 7) is 6.37. The van der Waals surface area contributed by atoms with Gasteiger partial charge in [-0.1, -0.05) is 13.8 Å². The largest absolute Gasteiger partial charge is 0.417 e. The summed E-state index contributed by atoms with van der Waals surface area (Å²) in [6, 6.07) is 2.22. The Kier molecular flexibility index (Phi) is 6.02. The van der Waals surface area contributed by atoms with Crippen molar-refractivity contribution in [1.29, 1.82) is 0 Å². The zero-order chi connectivity index (χ0) is 20.3. The Hall–Kier alpha value is -2.42. The molecule has 0 aliphatic carbocycles. The van der Waals surface area contributed by atoms with Crippen LogP contribution in [0.25, 0.3) is 5.82 Å². The SMILES string of the molecule is CC(C)c1c(C(=O)NCCC2CCNC2)cnn1-c1ccc(C(F)(F)F)cn1. The number of amides is 1. The maximum atomic E-state index is 12.8. The van der Waals surface area contributed by atoms with Crippen LogP contribution >= 0.6 is 0 Å². The van der Waals surface area contributed by atoms with Crippen molar-refractivity contribution >= 4 is 5.91 Å². The van der Waals surface area contributed by atoms with Crippen molar-refractivity contribution in [1.82, 2.24) is 25.4 Å². The lowest BCUT2D eigenvalue weighted by Crippen LogP contribution is -2.27. The number of carbonyl (C=O) groups excluding carboxylic acids is 1. The molecular formula is C19H24F3N5O. The predicted molar refractivity (Wildman–Crippen MR) is 98.4 cm³/mol. The van der Waals surface area contributed by atoms with Gasteiger partial charge in [0.2, 0.25) is 0 Å².